The Morgan fingerprint density at radius 3 is 3.11 bits per heavy atom. The lowest BCUT2D eigenvalue weighted by atomic mass is 9.93. The van der Waals surface area contributed by atoms with Crippen molar-refractivity contribution >= 4 is 46.1 Å². The maximum atomic E-state index is 12.9. The van der Waals surface area contributed by atoms with E-state index in [0.717, 1.165) is 30.2 Å². The summed E-state index contributed by atoms with van der Waals surface area (Å²) in [6.07, 6.45) is 3.51. The van der Waals surface area contributed by atoms with Crippen molar-refractivity contribution in [1.82, 2.24) is 9.88 Å². The third-order valence-corrected chi connectivity index (χ3v) is 7.84. The van der Waals surface area contributed by atoms with E-state index < -0.39 is 6.04 Å². The van der Waals surface area contributed by atoms with E-state index in [9.17, 15) is 9.59 Å². The fourth-order valence-corrected chi connectivity index (χ4v) is 6.28. The molecule has 2 fully saturated rings. The van der Waals surface area contributed by atoms with E-state index in [1.807, 2.05) is 18.2 Å². The molecule has 2 saturated heterocycles. The van der Waals surface area contributed by atoms with Crippen molar-refractivity contribution in [1.29, 1.82) is 0 Å². The zero-order valence-electron chi connectivity index (χ0n) is 15.1. The maximum absolute atomic E-state index is 12.9. The highest BCUT2D eigenvalue weighted by Crippen LogP contribution is 2.47. The van der Waals surface area contributed by atoms with E-state index in [-0.39, 0.29) is 22.9 Å². The summed E-state index contributed by atoms with van der Waals surface area (Å²) in [5, 5.41) is 1.81. The normalized spacial score (nSPS) is 29.9. The number of carbonyl (C=O) groups is 2. The third kappa shape index (κ3) is 2.76. The molecule has 0 saturated carbocycles. The van der Waals surface area contributed by atoms with Crippen molar-refractivity contribution in [2.75, 3.05) is 5.75 Å². The molecule has 3 heterocycles. The molecular formula is C20H21ClN2O3S. The van der Waals surface area contributed by atoms with Crippen LogP contribution in [0.15, 0.2) is 18.2 Å². The molecule has 142 valence electrons. The molecule has 1 aliphatic carbocycles. The molecule has 27 heavy (non-hydrogen) atoms. The number of hydrogen-bond acceptors (Lipinski definition) is 4. The van der Waals surface area contributed by atoms with E-state index in [1.54, 1.807) is 16.7 Å². The van der Waals surface area contributed by atoms with Gasteiger partial charge in [-0.15, -0.1) is 11.8 Å². The molecule has 3 atom stereocenters. The van der Waals surface area contributed by atoms with Crippen LogP contribution in [-0.2, 0) is 27.2 Å². The number of benzene rings is 1. The number of thioether (sulfide) groups is 1. The topological polar surface area (TPSA) is 62.4 Å². The Hall–Kier alpha value is -1.66. The monoisotopic (exact) mass is 404 g/mol. The molecule has 0 spiro atoms. The molecule has 5 nitrogen and oxygen atoms in total. The average Bonchev–Trinajstić information content (AvgIpc) is 3.26. The van der Waals surface area contributed by atoms with Crippen LogP contribution in [0.5, 0.6) is 0 Å². The van der Waals surface area contributed by atoms with E-state index in [4.69, 9.17) is 16.3 Å². The van der Waals surface area contributed by atoms with Crippen molar-refractivity contribution in [2.45, 2.75) is 56.0 Å². The van der Waals surface area contributed by atoms with Crippen LogP contribution >= 0.6 is 23.4 Å². The van der Waals surface area contributed by atoms with Gasteiger partial charge in [0.05, 0.1) is 4.87 Å². The summed E-state index contributed by atoms with van der Waals surface area (Å²) in [4.78, 5) is 30.1. The van der Waals surface area contributed by atoms with E-state index in [2.05, 4.69) is 11.9 Å². The second kappa shape index (κ2) is 6.17. The summed E-state index contributed by atoms with van der Waals surface area (Å²) in [6.45, 7) is 2.05. The second-order valence-corrected chi connectivity index (χ2v) is 9.78. The predicted molar refractivity (Wildman–Crippen MR) is 106 cm³/mol. The quantitative estimate of drug-likeness (QED) is 0.775. The van der Waals surface area contributed by atoms with Gasteiger partial charge >= 0.3 is 5.97 Å². The number of aromatic amines is 1. The largest absolute Gasteiger partial charge is 0.460 e. The number of aromatic nitrogens is 1. The Kier molecular flexibility index (Phi) is 3.99. The lowest BCUT2D eigenvalue weighted by Crippen LogP contribution is -2.47. The average molecular weight is 405 g/mol. The van der Waals surface area contributed by atoms with Crippen LogP contribution in [0.4, 0.5) is 0 Å². The number of nitrogens with zero attached hydrogens (tertiary/aromatic N) is 1. The number of halogens is 1. The van der Waals surface area contributed by atoms with Crippen molar-refractivity contribution in [3.8, 4) is 0 Å². The molecule has 1 N–H and O–H groups in total. The van der Waals surface area contributed by atoms with Crippen molar-refractivity contribution in [3.63, 3.8) is 0 Å². The van der Waals surface area contributed by atoms with Gasteiger partial charge in [0, 0.05) is 40.2 Å². The van der Waals surface area contributed by atoms with Crippen LogP contribution in [0, 0.1) is 0 Å². The Balaban J connectivity index is 1.34. The van der Waals surface area contributed by atoms with Crippen molar-refractivity contribution in [3.05, 3.63) is 34.5 Å². The Labute approximate surface area is 166 Å². The molecule has 1 aromatic heterocycles. The first-order valence-electron chi connectivity index (χ1n) is 9.40. The number of fused-ring (bicyclic) bond motifs is 4. The van der Waals surface area contributed by atoms with Gasteiger partial charge in [-0.3, -0.25) is 4.79 Å². The molecular weight excluding hydrogens is 384 g/mol. The van der Waals surface area contributed by atoms with Gasteiger partial charge in [0.25, 0.3) is 0 Å². The zero-order valence-corrected chi connectivity index (χ0v) is 16.7. The summed E-state index contributed by atoms with van der Waals surface area (Å²) in [7, 11) is 0. The molecule has 1 aromatic carbocycles. The highest BCUT2D eigenvalue weighted by atomic mass is 35.5. The van der Waals surface area contributed by atoms with E-state index in [0.29, 0.717) is 23.6 Å². The summed E-state index contributed by atoms with van der Waals surface area (Å²) >= 11 is 7.86. The molecule has 5 rings (SSSR count). The molecule has 7 heteroatoms. The van der Waals surface area contributed by atoms with Crippen LogP contribution in [0.3, 0.4) is 0 Å². The van der Waals surface area contributed by atoms with Gasteiger partial charge in [-0.1, -0.05) is 11.6 Å². The summed E-state index contributed by atoms with van der Waals surface area (Å²) in [5.41, 5.74) is 3.47. The molecule has 2 aliphatic heterocycles. The maximum Gasteiger partial charge on any atom is 0.330 e. The highest BCUT2D eigenvalue weighted by Gasteiger charge is 2.53. The molecule has 1 amide bonds. The molecule has 0 bridgehead atoms. The fraction of sp³-hybridized carbons (Fsp3) is 0.500. The Morgan fingerprint density at radius 1 is 1.41 bits per heavy atom. The van der Waals surface area contributed by atoms with Crippen LogP contribution in [0.2, 0.25) is 5.02 Å². The molecule has 3 aliphatic rings. The SMILES string of the molecule is C[C@]12CCC(=O)N1[C@@H](C(=O)O[C@H]1CCc3[nH]c4ccc(Cl)cc4c3C1)CS2. The number of rotatable bonds is 2. The minimum Gasteiger partial charge on any atom is -0.460 e. The van der Waals surface area contributed by atoms with Gasteiger partial charge in [0.15, 0.2) is 0 Å². The fourth-order valence-electron chi connectivity index (χ4n) is 4.70. The van der Waals surface area contributed by atoms with Crippen molar-refractivity contribution in [2.24, 2.45) is 0 Å². The standard InChI is InChI=1S/C20H21ClN2O3S/c1-20-7-6-18(24)23(20)17(10-27-20)19(25)26-12-3-5-16-14(9-12)13-8-11(21)2-4-15(13)22-16/h2,4,8,12,17,22H,3,5-7,9-10H2,1H3/t12-,17+,20-/m0/s1. The first kappa shape index (κ1) is 17.4. The van der Waals surface area contributed by atoms with Gasteiger partial charge in [-0.25, -0.2) is 4.79 Å². The van der Waals surface area contributed by atoms with Crippen molar-refractivity contribution < 1.29 is 14.3 Å². The van der Waals surface area contributed by atoms with Crippen LogP contribution in [-0.4, -0.2) is 44.5 Å². The smallest absolute Gasteiger partial charge is 0.330 e. The number of hydrogen-bond donors (Lipinski definition) is 1. The number of amides is 1. The lowest BCUT2D eigenvalue weighted by molar-refractivity contribution is -0.158. The van der Waals surface area contributed by atoms with E-state index >= 15 is 0 Å². The summed E-state index contributed by atoms with van der Waals surface area (Å²) in [6, 6.07) is 5.39. The molecule has 0 radical (unpaired) electrons. The van der Waals surface area contributed by atoms with Gasteiger partial charge in [-0.2, -0.15) is 0 Å². The summed E-state index contributed by atoms with van der Waals surface area (Å²) < 4.78 is 5.89. The first-order chi connectivity index (χ1) is 12.9. The minimum absolute atomic E-state index is 0.0710. The van der Waals surface area contributed by atoms with Crippen LogP contribution in [0.1, 0.15) is 37.4 Å². The predicted octanol–water partition coefficient (Wildman–Crippen LogP) is 3.68. The van der Waals surface area contributed by atoms with E-state index in [1.165, 1.54) is 11.3 Å². The molecule has 2 aromatic rings. The van der Waals surface area contributed by atoms with Gasteiger partial charge in [-0.05, 0) is 49.9 Å². The highest BCUT2D eigenvalue weighted by molar-refractivity contribution is 8.01. The zero-order chi connectivity index (χ0) is 18.8. The van der Waals surface area contributed by atoms with Crippen LogP contribution in [0.25, 0.3) is 10.9 Å². The second-order valence-electron chi connectivity index (χ2n) is 7.84. The van der Waals surface area contributed by atoms with Gasteiger partial charge in [0.2, 0.25) is 5.91 Å². The van der Waals surface area contributed by atoms with Gasteiger partial charge in [0.1, 0.15) is 12.1 Å². The number of aryl methyl sites for hydroxylation is 1. The number of H-pyrrole nitrogens is 1. The molecule has 0 unspecified atom stereocenters. The number of esters is 1. The first-order valence-corrected chi connectivity index (χ1v) is 10.8. The number of carbonyl (C=O) groups excluding carboxylic acids is 2. The Morgan fingerprint density at radius 2 is 2.26 bits per heavy atom. The lowest BCUT2D eigenvalue weighted by Gasteiger charge is -2.31. The van der Waals surface area contributed by atoms with Gasteiger partial charge < -0.3 is 14.6 Å². The summed E-state index contributed by atoms with van der Waals surface area (Å²) in [5.74, 6) is 0.441. The Bertz CT molecular complexity index is 958. The third-order valence-electron chi connectivity index (χ3n) is 6.10. The minimum atomic E-state index is -0.450. The number of ether oxygens (including phenoxy) is 1. The number of nitrogens with one attached hydrogen (secondary N) is 1. The van der Waals surface area contributed by atoms with Crippen LogP contribution < -0.4 is 0 Å².